The highest BCUT2D eigenvalue weighted by molar-refractivity contribution is 6.35. The highest BCUT2D eigenvalue weighted by atomic mass is 35.5. The Kier molecular flexibility index (Phi) is 5.57. The van der Waals surface area contributed by atoms with E-state index in [1.165, 1.54) is 5.56 Å². The summed E-state index contributed by atoms with van der Waals surface area (Å²) < 4.78 is 5.84. The van der Waals surface area contributed by atoms with Crippen molar-refractivity contribution in [1.82, 2.24) is 0 Å². The molecule has 0 aliphatic heterocycles. The summed E-state index contributed by atoms with van der Waals surface area (Å²) in [5.74, 6) is 0.156. The summed E-state index contributed by atoms with van der Waals surface area (Å²) in [6.07, 6.45) is 1.07. The summed E-state index contributed by atoms with van der Waals surface area (Å²) in [7, 11) is 0. The molecule has 0 aliphatic rings. The van der Waals surface area contributed by atoms with Crippen LogP contribution in [0.25, 0.3) is 10.8 Å². The Morgan fingerprint density at radius 2 is 1.78 bits per heavy atom. The van der Waals surface area contributed by atoms with Crippen LogP contribution in [0.5, 0.6) is 0 Å². The van der Waals surface area contributed by atoms with Gasteiger partial charge in [-0.2, -0.15) is 0 Å². The second-order valence-electron chi connectivity index (χ2n) is 7.51. The smallest absolute Gasteiger partial charge is 0.338 e. The maximum Gasteiger partial charge on any atom is 0.338 e. The average Bonchev–Trinajstić information content (AvgIpc) is 2.67. The number of esters is 1. The first kappa shape index (κ1) is 19.4. The number of hydrogen-bond acceptors (Lipinski definition) is 2. The maximum atomic E-state index is 12.7. The zero-order chi connectivity index (χ0) is 19.6. The fourth-order valence-corrected chi connectivity index (χ4v) is 3.38. The summed E-state index contributed by atoms with van der Waals surface area (Å²) in [6.45, 7) is 8.14. The van der Waals surface area contributed by atoms with Crippen molar-refractivity contribution in [2.45, 2.75) is 45.6 Å². The first-order chi connectivity index (χ1) is 12.8. The van der Waals surface area contributed by atoms with Crippen LogP contribution in [0.3, 0.4) is 0 Å². The lowest BCUT2D eigenvalue weighted by Crippen LogP contribution is -2.25. The quantitative estimate of drug-likeness (QED) is 0.441. The summed E-state index contributed by atoms with van der Waals surface area (Å²) >= 11 is 6.33. The lowest BCUT2D eigenvalue weighted by atomic mass is 9.95. The molecule has 3 heteroatoms. The molecule has 1 unspecified atom stereocenters. The normalized spacial score (nSPS) is 12.8. The third-order valence-electron chi connectivity index (χ3n) is 5.20. The van der Waals surface area contributed by atoms with Crippen LogP contribution in [0, 0.1) is 0 Å². The van der Waals surface area contributed by atoms with Gasteiger partial charge in [0.2, 0.25) is 0 Å². The number of rotatable bonds is 5. The van der Waals surface area contributed by atoms with E-state index >= 15 is 0 Å². The summed E-state index contributed by atoms with van der Waals surface area (Å²) in [5, 5.41) is 2.71. The zero-order valence-electron chi connectivity index (χ0n) is 16.3. The fourth-order valence-electron chi connectivity index (χ4n) is 3.14. The number of halogens is 1. The predicted molar refractivity (Wildman–Crippen MR) is 113 cm³/mol. The van der Waals surface area contributed by atoms with Crippen molar-refractivity contribution in [2.75, 3.05) is 0 Å². The standard InChI is InChI=1S/C24H25ClO2/c1-5-16(2)17-9-11-19(12-10-17)23(26)27-24(3,4)20-14-13-18-7-6-8-22(25)21(18)15-20/h6-16H,5H2,1-4H3. The molecular weight excluding hydrogens is 356 g/mol. The first-order valence-corrected chi connectivity index (χ1v) is 9.71. The van der Waals surface area contributed by atoms with Gasteiger partial charge in [-0.15, -0.1) is 0 Å². The molecular formula is C24H25ClO2. The van der Waals surface area contributed by atoms with Crippen molar-refractivity contribution >= 4 is 28.3 Å². The minimum atomic E-state index is -0.764. The maximum absolute atomic E-state index is 12.7. The van der Waals surface area contributed by atoms with Gasteiger partial charge in [-0.05, 0) is 67.0 Å². The van der Waals surface area contributed by atoms with Gasteiger partial charge in [0.25, 0.3) is 0 Å². The monoisotopic (exact) mass is 380 g/mol. The van der Waals surface area contributed by atoms with Crippen molar-refractivity contribution in [3.05, 3.63) is 82.4 Å². The highest BCUT2D eigenvalue weighted by Crippen LogP contribution is 2.32. The molecule has 0 N–H and O–H groups in total. The minimum Gasteiger partial charge on any atom is -0.451 e. The van der Waals surface area contributed by atoms with Crippen molar-refractivity contribution in [2.24, 2.45) is 0 Å². The topological polar surface area (TPSA) is 26.3 Å². The summed E-state index contributed by atoms with van der Waals surface area (Å²) in [4.78, 5) is 12.7. The average molecular weight is 381 g/mol. The Labute approximate surface area is 166 Å². The molecule has 0 saturated heterocycles. The molecule has 3 aromatic carbocycles. The highest BCUT2D eigenvalue weighted by Gasteiger charge is 2.26. The number of ether oxygens (including phenoxy) is 1. The second-order valence-corrected chi connectivity index (χ2v) is 7.91. The minimum absolute atomic E-state index is 0.324. The lowest BCUT2D eigenvalue weighted by molar-refractivity contribution is -0.00307. The van der Waals surface area contributed by atoms with Crippen molar-refractivity contribution in [3.8, 4) is 0 Å². The summed E-state index contributed by atoms with van der Waals surface area (Å²) in [6, 6.07) is 19.5. The van der Waals surface area contributed by atoms with Crippen molar-refractivity contribution < 1.29 is 9.53 Å². The van der Waals surface area contributed by atoms with Crippen LogP contribution in [-0.4, -0.2) is 5.97 Å². The molecule has 0 bridgehead atoms. The molecule has 0 spiro atoms. The number of carbonyl (C=O) groups excluding carboxylic acids is 1. The molecule has 1 atom stereocenters. The molecule has 27 heavy (non-hydrogen) atoms. The van der Waals surface area contributed by atoms with Gasteiger partial charge >= 0.3 is 5.97 Å². The molecule has 0 radical (unpaired) electrons. The van der Waals surface area contributed by atoms with E-state index in [4.69, 9.17) is 16.3 Å². The number of hydrogen-bond donors (Lipinski definition) is 0. The first-order valence-electron chi connectivity index (χ1n) is 9.34. The van der Waals surface area contributed by atoms with E-state index in [-0.39, 0.29) is 5.97 Å². The Morgan fingerprint density at radius 1 is 1.07 bits per heavy atom. The molecule has 0 amide bonds. The van der Waals surface area contributed by atoms with Crippen LogP contribution in [-0.2, 0) is 10.3 Å². The number of benzene rings is 3. The second kappa shape index (κ2) is 7.74. The van der Waals surface area contributed by atoms with E-state index in [2.05, 4.69) is 13.8 Å². The fraction of sp³-hybridized carbons (Fsp3) is 0.292. The molecule has 2 nitrogen and oxygen atoms in total. The van der Waals surface area contributed by atoms with Gasteiger partial charge in [-0.25, -0.2) is 4.79 Å². The van der Waals surface area contributed by atoms with Crippen LogP contribution < -0.4 is 0 Å². The van der Waals surface area contributed by atoms with Crippen molar-refractivity contribution in [1.29, 1.82) is 0 Å². The molecule has 0 aromatic heterocycles. The van der Waals surface area contributed by atoms with Crippen molar-refractivity contribution in [3.63, 3.8) is 0 Å². The van der Waals surface area contributed by atoms with E-state index in [1.807, 2.05) is 74.5 Å². The lowest BCUT2D eigenvalue weighted by Gasteiger charge is -2.26. The van der Waals surface area contributed by atoms with Crippen LogP contribution in [0.15, 0.2) is 60.7 Å². The van der Waals surface area contributed by atoms with Gasteiger partial charge in [-0.3, -0.25) is 0 Å². The number of carbonyl (C=O) groups is 1. The molecule has 0 fully saturated rings. The van der Waals surface area contributed by atoms with Crippen LogP contribution in [0.1, 0.15) is 61.5 Å². The molecule has 140 valence electrons. The van der Waals surface area contributed by atoms with Crippen LogP contribution in [0.4, 0.5) is 0 Å². The molecule has 0 aliphatic carbocycles. The Morgan fingerprint density at radius 3 is 2.44 bits per heavy atom. The Hall–Kier alpha value is -2.32. The van der Waals surface area contributed by atoms with Gasteiger partial charge in [0.1, 0.15) is 5.60 Å². The van der Waals surface area contributed by atoms with Gasteiger partial charge in [0.05, 0.1) is 5.56 Å². The number of fused-ring (bicyclic) bond motifs is 1. The molecule has 0 heterocycles. The molecule has 0 saturated carbocycles. The molecule has 3 aromatic rings. The third-order valence-corrected chi connectivity index (χ3v) is 5.53. The van der Waals surface area contributed by atoms with Crippen LogP contribution in [0.2, 0.25) is 5.02 Å². The Bertz CT molecular complexity index is 958. The molecule has 3 rings (SSSR count). The SMILES string of the molecule is CCC(C)c1ccc(C(=O)OC(C)(C)c2ccc3cccc(Cl)c3c2)cc1. The van der Waals surface area contributed by atoms with E-state index in [0.29, 0.717) is 16.5 Å². The summed E-state index contributed by atoms with van der Waals surface area (Å²) in [5.41, 5.74) is 1.94. The van der Waals surface area contributed by atoms with E-state index in [9.17, 15) is 4.79 Å². The third kappa shape index (κ3) is 4.17. The van der Waals surface area contributed by atoms with Gasteiger partial charge < -0.3 is 4.74 Å². The van der Waals surface area contributed by atoms with E-state index < -0.39 is 5.60 Å². The van der Waals surface area contributed by atoms with Gasteiger partial charge in [0.15, 0.2) is 0 Å². The Balaban J connectivity index is 1.83. The van der Waals surface area contributed by atoms with Gasteiger partial charge in [-0.1, -0.05) is 61.8 Å². The van der Waals surface area contributed by atoms with E-state index in [1.54, 1.807) is 0 Å². The predicted octanol–water partition coefficient (Wildman–Crippen LogP) is 7.10. The van der Waals surface area contributed by atoms with Crippen LogP contribution >= 0.6 is 11.6 Å². The zero-order valence-corrected chi connectivity index (χ0v) is 17.0. The van der Waals surface area contributed by atoms with Gasteiger partial charge in [0, 0.05) is 10.4 Å². The largest absolute Gasteiger partial charge is 0.451 e. The van der Waals surface area contributed by atoms with E-state index in [0.717, 1.165) is 22.8 Å².